The van der Waals surface area contributed by atoms with Crippen molar-refractivity contribution in [2.24, 2.45) is 0 Å². The van der Waals surface area contributed by atoms with Crippen LogP contribution in [0.2, 0.25) is 0 Å². The Kier molecular flexibility index (Phi) is 4.71. The van der Waals surface area contributed by atoms with Crippen LogP contribution in [0.15, 0.2) is 34.9 Å². The lowest BCUT2D eigenvalue weighted by atomic mass is 10.2. The summed E-state index contributed by atoms with van der Waals surface area (Å²) >= 11 is 0. The molecule has 0 spiro atoms. The lowest BCUT2D eigenvalue weighted by Crippen LogP contribution is -2.25. The molecule has 2 rings (SSSR count). The number of hydrogen-bond donors (Lipinski definition) is 2. The molecule has 0 bridgehead atoms. The molecule has 0 saturated carbocycles. The molecule has 2 aromatic rings. The highest BCUT2D eigenvalue weighted by Crippen LogP contribution is 2.09. The molecule has 0 aliphatic carbocycles. The molecule has 0 saturated heterocycles. The second-order valence-electron chi connectivity index (χ2n) is 4.63. The van der Waals surface area contributed by atoms with E-state index in [0.717, 1.165) is 5.76 Å². The summed E-state index contributed by atoms with van der Waals surface area (Å²) < 4.78 is 5.32. The first-order valence-electron chi connectivity index (χ1n) is 6.62. The first-order valence-corrected chi connectivity index (χ1v) is 6.62. The molecule has 0 unspecified atom stereocenters. The van der Waals surface area contributed by atoms with Crippen LogP contribution in [0.25, 0.3) is 0 Å². The minimum Gasteiger partial charge on any atom is -0.446 e. The SMILES string of the molecule is CC(=O)Nc1ccc(C(=O)NCCc2ncc(C)o2)cc1. The fraction of sp³-hybridized carbons (Fsp3) is 0.267. The molecular weight excluding hydrogens is 270 g/mol. The second kappa shape index (κ2) is 6.69. The van der Waals surface area contributed by atoms with E-state index in [1.165, 1.54) is 6.92 Å². The van der Waals surface area contributed by atoms with Gasteiger partial charge in [-0.3, -0.25) is 9.59 Å². The van der Waals surface area contributed by atoms with Crippen LogP contribution in [0, 0.1) is 6.92 Å². The molecule has 0 fully saturated rings. The van der Waals surface area contributed by atoms with E-state index in [2.05, 4.69) is 15.6 Å². The van der Waals surface area contributed by atoms with Crippen molar-refractivity contribution in [2.75, 3.05) is 11.9 Å². The third kappa shape index (κ3) is 4.45. The Morgan fingerprint density at radius 3 is 2.52 bits per heavy atom. The summed E-state index contributed by atoms with van der Waals surface area (Å²) in [5, 5.41) is 5.44. The molecule has 1 aromatic heterocycles. The zero-order valence-electron chi connectivity index (χ0n) is 12.0. The standard InChI is InChI=1S/C15H17N3O3/c1-10-9-17-14(21-10)7-8-16-15(20)12-3-5-13(6-4-12)18-11(2)19/h3-6,9H,7-8H2,1-2H3,(H,16,20)(H,18,19). The van der Waals surface area contributed by atoms with Crippen LogP contribution in [0.1, 0.15) is 28.9 Å². The zero-order chi connectivity index (χ0) is 15.2. The van der Waals surface area contributed by atoms with Crippen LogP contribution in [0.4, 0.5) is 5.69 Å². The van der Waals surface area contributed by atoms with Crippen LogP contribution < -0.4 is 10.6 Å². The monoisotopic (exact) mass is 287 g/mol. The van der Waals surface area contributed by atoms with Gasteiger partial charge in [0.1, 0.15) is 5.76 Å². The Hall–Kier alpha value is -2.63. The number of anilines is 1. The quantitative estimate of drug-likeness (QED) is 0.879. The van der Waals surface area contributed by atoms with Gasteiger partial charge in [0.2, 0.25) is 5.91 Å². The first kappa shape index (κ1) is 14.8. The molecule has 2 amide bonds. The maximum atomic E-state index is 11.9. The minimum atomic E-state index is -0.173. The van der Waals surface area contributed by atoms with E-state index < -0.39 is 0 Å². The topological polar surface area (TPSA) is 84.2 Å². The maximum absolute atomic E-state index is 11.9. The third-order valence-corrected chi connectivity index (χ3v) is 2.76. The Bertz CT molecular complexity index is 632. The van der Waals surface area contributed by atoms with Gasteiger partial charge >= 0.3 is 0 Å². The maximum Gasteiger partial charge on any atom is 0.251 e. The molecule has 6 heteroatoms. The zero-order valence-corrected chi connectivity index (χ0v) is 12.0. The smallest absolute Gasteiger partial charge is 0.251 e. The van der Waals surface area contributed by atoms with Crippen molar-refractivity contribution in [1.82, 2.24) is 10.3 Å². The molecule has 21 heavy (non-hydrogen) atoms. The van der Waals surface area contributed by atoms with Crippen molar-refractivity contribution in [2.45, 2.75) is 20.3 Å². The molecule has 0 aliphatic rings. The Morgan fingerprint density at radius 2 is 1.95 bits per heavy atom. The lowest BCUT2D eigenvalue weighted by Gasteiger charge is -2.05. The number of carbonyl (C=O) groups is 2. The van der Waals surface area contributed by atoms with Crippen molar-refractivity contribution < 1.29 is 14.0 Å². The van der Waals surface area contributed by atoms with Gasteiger partial charge in [-0.05, 0) is 31.2 Å². The average molecular weight is 287 g/mol. The van der Waals surface area contributed by atoms with Crippen molar-refractivity contribution in [3.05, 3.63) is 47.7 Å². The van der Waals surface area contributed by atoms with E-state index in [9.17, 15) is 9.59 Å². The molecule has 1 aromatic carbocycles. The van der Waals surface area contributed by atoms with Gasteiger partial charge in [-0.25, -0.2) is 4.98 Å². The van der Waals surface area contributed by atoms with E-state index in [1.807, 2.05) is 6.92 Å². The van der Waals surface area contributed by atoms with Crippen molar-refractivity contribution in [1.29, 1.82) is 0 Å². The summed E-state index contributed by atoms with van der Waals surface area (Å²) in [5.74, 6) is 1.04. The summed E-state index contributed by atoms with van der Waals surface area (Å²) in [6.45, 7) is 3.71. The van der Waals surface area contributed by atoms with Crippen LogP contribution in [0.5, 0.6) is 0 Å². The number of nitrogens with one attached hydrogen (secondary N) is 2. The van der Waals surface area contributed by atoms with Gasteiger partial charge < -0.3 is 15.1 Å². The molecule has 0 atom stereocenters. The van der Waals surface area contributed by atoms with Crippen LogP contribution in [-0.4, -0.2) is 23.3 Å². The highest BCUT2D eigenvalue weighted by molar-refractivity contribution is 5.95. The molecular formula is C15H17N3O3. The average Bonchev–Trinajstić information content (AvgIpc) is 2.84. The summed E-state index contributed by atoms with van der Waals surface area (Å²) in [5.41, 5.74) is 1.20. The van der Waals surface area contributed by atoms with E-state index in [1.54, 1.807) is 30.5 Å². The number of benzene rings is 1. The molecule has 6 nitrogen and oxygen atoms in total. The molecule has 110 valence electrons. The van der Waals surface area contributed by atoms with Crippen LogP contribution in [0.3, 0.4) is 0 Å². The van der Waals surface area contributed by atoms with Crippen molar-refractivity contribution in [3.63, 3.8) is 0 Å². The highest BCUT2D eigenvalue weighted by atomic mass is 16.4. The van der Waals surface area contributed by atoms with Crippen molar-refractivity contribution in [3.8, 4) is 0 Å². The third-order valence-electron chi connectivity index (χ3n) is 2.76. The lowest BCUT2D eigenvalue weighted by molar-refractivity contribution is -0.114. The predicted octanol–water partition coefficient (Wildman–Crippen LogP) is 1.91. The van der Waals surface area contributed by atoms with Gasteiger partial charge in [-0.15, -0.1) is 0 Å². The minimum absolute atomic E-state index is 0.145. The second-order valence-corrected chi connectivity index (χ2v) is 4.63. The van der Waals surface area contributed by atoms with Gasteiger partial charge in [0.05, 0.1) is 6.20 Å². The molecule has 1 heterocycles. The number of nitrogens with zero attached hydrogens (tertiary/aromatic N) is 1. The van der Waals surface area contributed by atoms with E-state index in [0.29, 0.717) is 30.1 Å². The Morgan fingerprint density at radius 1 is 1.24 bits per heavy atom. The van der Waals surface area contributed by atoms with E-state index in [-0.39, 0.29) is 11.8 Å². The van der Waals surface area contributed by atoms with Gasteiger partial charge in [0.25, 0.3) is 5.91 Å². The number of carbonyl (C=O) groups excluding carboxylic acids is 2. The Labute approximate surface area is 122 Å². The number of rotatable bonds is 5. The largest absolute Gasteiger partial charge is 0.446 e. The molecule has 0 radical (unpaired) electrons. The van der Waals surface area contributed by atoms with E-state index in [4.69, 9.17) is 4.42 Å². The number of amides is 2. The molecule has 2 N–H and O–H groups in total. The predicted molar refractivity (Wildman–Crippen MR) is 78.0 cm³/mol. The van der Waals surface area contributed by atoms with Crippen molar-refractivity contribution >= 4 is 17.5 Å². The van der Waals surface area contributed by atoms with Gasteiger partial charge in [-0.2, -0.15) is 0 Å². The fourth-order valence-corrected chi connectivity index (χ4v) is 1.81. The molecule has 0 aliphatic heterocycles. The summed E-state index contributed by atoms with van der Waals surface area (Å²) in [6, 6.07) is 6.70. The number of aryl methyl sites for hydroxylation is 1. The summed E-state index contributed by atoms with van der Waals surface area (Å²) in [7, 11) is 0. The number of hydrogen-bond acceptors (Lipinski definition) is 4. The Balaban J connectivity index is 1.84. The normalized spacial score (nSPS) is 10.2. The van der Waals surface area contributed by atoms with Gasteiger partial charge in [-0.1, -0.05) is 0 Å². The van der Waals surface area contributed by atoms with Gasteiger partial charge in [0, 0.05) is 31.1 Å². The summed E-state index contributed by atoms with van der Waals surface area (Å²) in [6.07, 6.45) is 2.20. The number of aromatic nitrogens is 1. The summed E-state index contributed by atoms with van der Waals surface area (Å²) in [4.78, 5) is 26.9. The highest BCUT2D eigenvalue weighted by Gasteiger charge is 2.06. The first-order chi connectivity index (χ1) is 10.0. The number of oxazole rings is 1. The van der Waals surface area contributed by atoms with Gasteiger partial charge in [0.15, 0.2) is 5.89 Å². The van der Waals surface area contributed by atoms with Crippen LogP contribution >= 0.6 is 0 Å². The van der Waals surface area contributed by atoms with Crippen LogP contribution in [-0.2, 0) is 11.2 Å². The fourth-order valence-electron chi connectivity index (χ4n) is 1.81. The van der Waals surface area contributed by atoms with E-state index >= 15 is 0 Å².